The highest BCUT2D eigenvalue weighted by Gasteiger charge is 2.32. The summed E-state index contributed by atoms with van der Waals surface area (Å²) in [5.41, 5.74) is 3.18. The van der Waals surface area contributed by atoms with Gasteiger partial charge < -0.3 is 10.5 Å². The fourth-order valence-electron chi connectivity index (χ4n) is 0.877. The summed E-state index contributed by atoms with van der Waals surface area (Å²) in [5.74, 6) is -1.56. The van der Waals surface area contributed by atoms with Crippen LogP contribution in [0.3, 0.4) is 0 Å². The zero-order valence-electron chi connectivity index (χ0n) is 8.07. The van der Waals surface area contributed by atoms with Crippen molar-refractivity contribution in [3.05, 3.63) is 18.0 Å². The lowest BCUT2D eigenvalue weighted by atomic mass is 10.7. The average Bonchev–Trinajstić information content (AvgIpc) is 2.65. The lowest BCUT2D eigenvalue weighted by Crippen LogP contribution is -2.41. The fourth-order valence-corrected chi connectivity index (χ4v) is 2.35. The molecule has 0 saturated heterocycles. The Hall–Kier alpha value is -1.48. The molecule has 1 unspecified atom stereocenters. The van der Waals surface area contributed by atoms with Gasteiger partial charge in [0.2, 0.25) is 15.7 Å². The number of aromatic nitrogens is 2. The zero-order valence-corrected chi connectivity index (χ0v) is 9.70. The van der Waals surface area contributed by atoms with Crippen LogP contribution >= 0.6 is 11.5 Å². The molecule has 1 rings (SSSR count). The predicted molar refractivity (Wildman–Crippen MR) is 57.5 cm³/mol. The summed E-state index contributed by atoms with van der Waals surface area (Å²) in [6.07, 6.45) is 1.15. The van der Waals surface area contributed by atoms with Gasteiger partial charge in [-0.2, -0.15) is 0 Å². The Morgan fingerprint density at radius 1 is 1.75 bits per heavy atom. The van der Waals surface area contributed by atoms with Gasteiger partial charge in [-0.25, -0.2) is 8.42 Å². The second-order valence-electron chi connectivity index (χ2n) is 2.71. The minimum Gasteiger partial charge on any atom is -0.446 e. The van der Waals surface area contributed by atoms with Gasteiger partial charge in [-0.15, -0.1) is 6.58 Å². The minimum absolute atomic E-state index is 0.0542. The normalized spacial score (nSPS) is 13.0. The third-order valence-electron chi connectivity index (χ3n) is 1.48. The second kappa shape index (κ2) is 5.03. The van der Waals surface area contributed by atoms with Crippen molar-refractivity contribution in [2.75, 3.05) is 5.75 Å². The first-order valence-electron chi connectivity index (χ1n) is 4.03. The van der Waals surface area contributed by atoms with Gasteiger partial charge in [-0.3, -0.25) is 4.79 Å². The molecule has 7 nitrogen and oxygen atoms in total. The van der Waals surface area contributed by atoms with E-state index in [1.165, 1.54) is 5.38 Å². The van der Waals surface area contributed by atoms with Crippen molar-refractivity contribution in [1.82, 2.24) is 9.59 Å². The van der Waals surface area contributed by atoms with E-state index in [0.717, 1.165) is 17.6 Å². The van der Waals surface area contributed by atoms with Gasteiger partial charge in [0.05, 0.1) is 11.1 Å². The number of hydrogen-bond acceptors (Lipinski definition) is 7. The van der Waals surface area contributed by atoms with Crippen molar-refractivity contribution in [2.45, 2.75) is 5.44 Å². The second-order valence-corrected chi connectivity index (χ2v) is 5.41. The molecule has 88 valence electrons. The van der Waals surface area contributed by atoms with Gasteiger partial charge in [-0.1, -0.05) is 15.7 Å². The smallest absolute Gasteiger partial charge is 0.277 e. The fraction of sp³-hybridized carbons (Fsp3) is 0.286. The number of rotatable bonds is 6. The van der Waals surface area contributed by atoms with Crippen molar-refractivity contribution in [1.29, 1.82) is 0 Å². The molecule has 0 fully saturated rings. The minimum atomic E-state index is -3.83. The van der Waals surface area contributed by atoms with Crippen molar-refractivity contribution in [2.24, 2.45) is 5.73 Å². The van der Waals surface area contributed by atoms with Crippen LogP contribution in [0.4, 0.5) is 0 Å². The number of primary amides is 1. The predicted octanol–water partition coefficient (Wildman–Crippen LogP) is -0.671. The summed E-state index contributed by atoms with van der Waals surface area (Å²) in [5, 5.41) is 4.82. The van der Waals surface area contributed by atoms with Crippen LogP contribution in [0.5, 0.6) is 5.88 Å². The highest BCUT2D eigenvalue weighted by molar-refractivity contribution is 7.92. The molecule has 0 aliphatic heterocycles. The molecular weight excluding hydrogens is 254 g/mol. The van der Waals surface area contributed by atoms with Gasteiger partial charge >= 0.3 is 0 Å². The third-order valence-corrected chi connectivity index (χ3v) is 3.64. The molecule has 9 heteroatoms. The van der Waals surface area contributed by atoms with Gasteiger partial charge in [0.25, 0.3) is 11.3 Å². The number of ether oxygens (including phenoxy) is 1. The van der Waals surface area contributed by atoms with Gasteiger partial charge in [-0.05, 0) is 11.5 Å². The van der Waals surface area contributed by atoms with E-state index in [-0.39, 0.29) is 5.88 Å². The number of nitrogens with zero attached hydrogens (tertiary/aromatic N) is 2. The van der Waals surface area contributed by atoms with E-state index < -0.39 is 26.9 Å². The van der Waals surface area contributed by atoms with Crippen LogP contribution < -0.4 is 10.5 Å². The van der Waals surface area contributed by atoms with Gasteiger partial charge in [0, 0.05) is 0 Å². The SMILES string of the molecule is C=CCS(=O)(=O)C(Oc1csnn1)C(N)=O. The molecule has 0 aromatic carbocycles. The van der Waals surface area contributed by atoms with E-state index in [1.807, 2.05) is 0 Å². The number of carbonyl (C=O) groups is 1. The number of hydrogen-bond donors (Lipinski definition) is 1. The Bertz CT molecular complexity index is 468. The van der Waals surface area contributed by atoms with E-state index in [9.17, 15) is 13.2 Å². The summed E-state index contributed by atoms with van der Waals surface area (Å²) in [6, 6.07) is 0. The molecule has 0 saturated carbocycles. The number of carbonyl (C=O) groups excluding carboxylic acids is 1. The number of nitrogens with two attached hydrogens (primary N) is 1. The van der Waals surface area contributed by atoms with E-state index in [4.69, 9.17) is 10.5 Å². The molecule has 0 aliphatic rings. The Kier molecular flexibility index (Phi) is 3.96. The highest BCUT2D eigenvalue weighted by Crippen LogP contribution is 2.13. The highest BCUT2D eigenvalue weighted by atomic mass is 32.2. The topological polar surface area (TPSA) is 112 Å². The first kappa shape index (κ1) is 12.6. The first-order chi connectivity index (χ1) is 7.47. The summed E-state index contributed by atoms with van der Waals surface area (Å²) in [7, 11) is -3.83. The van der Waals surface area contributed by atoms with Gasteiger partial charge in [0.1, 0.15) is 0 Å². The van der Waals surface area contributed by atoms with E-state index in [2.05, 4.69) is 16.2 Å². The molecular formula is C7H9N3O4S2. The molecule has 1 atom stereocenters. The van der Waals surface area contributed by atoms with E-state index in [1.54, 1.807) is 0 Å². The monoisotopic (exact) mass is 263 g/mol. The number of sulfone groups is 1. The van der Waals surface area contributed by atoms with Crippen LogP contribution in [-0.4, -0.2) is 35.1 Å². The van der Waals surface area contributed by atoms with Gasteiger partial charge in [0.15, 0.2) is 0 Å². The summed E-state index contributed by atoms with van der Waals surface area (Å²) >= 11 is 0.964. The van der Waals surface area contributed by atoms with E-state index in [0.29, 0.717) is 0 Å². The molecule has 1 heterocycles. The quantitative estimate of drug-likeness (QED) is 0.681. The summed E-state index contributed by atoms with van der Waals surface area (Å²) in [4.78, 5) is 11.0. The van der Waals surface area contributed by atoms with E-state index >= 15 is 0 Å². The van der Waals surface area contributed by atoms with Crippen LogP contribution in [0.15, 0.2) is 18.0 Å². The van der Waals surface area contributed by atoms with Crippen LogP contribution in [0.25, 0.3) is 0 Å². The average molecular weight is 263 g/mol. The van der Waals surface area contributed by atoms with Crippen molar-refractivity contribution >= 4 is 27.3 Å². The van der Waals surface area contributed by atoms with Crippen molar-refractivity contribution < 1.29 is 17.9 Å². The molecule has 2 N–H and O–H groups in total. The summed E-state index contributed by atoms with van der Waals surface area (Å²) < 4.78 is 31.4. The molecule has 1 amide bonds. The molecule has 1 aromatic heterocycles. The van der Waals surface area contributed by atoms with Crippen molar-refractivity contribution in [3.63, 3.8) is 0 Å². The van der Waals surface area contributed by atoms with Crippen LogP contribution in [0.1, 0.15) is 0 Å². The van der Waals surface area contributed by atoms with Crippen LogP contribution in [0, 0.1) is 0 Å². The maximum atomic E-state index is 11.6. The Morgan fingerprint density at radius 2 is 2.44 bits per heavy atom. The summed E-state index contributed by atoms with van der Waals surface area (Å²) in [6.45, 7) is 3.27. The standard InChI is InChI=1S/C7H9N3O4S2/c1-2-3-16(12,13)7(6(8)11)14-5-4-15-10-9-5/h2,4,7H,1,3H2,(H2,8,11). The molecule has 0 radical (unpaired) electrons. The molecule has 0 spiro atoms. The number of amides is 1. The molecule has 0 bridgehead atoms. The molecule has 1 aromatic rings. The lowest BCUT2D eigenvalue weighted by Gasteiger charge is -2.13. The first-order valence-corrected chi connectivity index (χ1v) is 6.58. The largest absolute Gasteiger partial charge is 0.446 e. The van der Waals surface area contributed by atoms with Crippen molar-refractivity contribution in [3.8, 4) is 5.88 Å². The Labute approximate surface area is 96.0 Å². The molecule has 0 aliphatic carbocycles. The maximum Gasteiger partial charge on any atom is 0.277 e. The maximum absolute atomic E-state index is 11.6. The Morgan fingerprint density at radius 3 is 2.88 bits per heavy atom. The van der Waals surface area contributed by atoms with Crippen LogP contribution in [0.2, 0.25) is 0 Å². The molecule has 16 heavy (non-hydrogen) atoms. The zero-order chi connectivity index (χ0) is 12.2. The Balaban J connectivity index is 2.92. The van der Waals surface area contributed by atoms with Crippen LogP contribution in [-0.2, 0) is 14.6 Å². The third kappa shape index (κ3) is 3.00. The lowest BCUT2D eigenvalue weighted by molar-refractivity contribution is -0.121.